The Labute approximate surface area is 246 Å². The topological polar surface area (TPSA) is 179 Å². The van der Waals surface area contributed by atoms with Gasteiger partial charge in [-0.3, -0.25) is 4.79 Å². The third kappa shape index (κ3) is 6.93. The maximum Gasteiger partial charge on any atom is 0.302 e. The summed E-state index contributed by atoms with van der Waals surface area (Å²) < 4.78 is 5.09. The van der Waals surface area contributed by atoms with E-state index in [4.69, 9.17) is 4.74 Å². The number of rotatable bonds is 9. The molecule has 0 amide bonds. The molecular formula is C29H28N10O4. The van der Waals surface area contributed by atoms with Crippen molar-refractivity contribution < 1.29 is 19.7 Å². The van der Waals surface area contributed by atoms with Crippen molar-refractivity contribution in [3.05, 3.63) is 99.7 Å². The predicted molar refractivity (Wildman–Crippen MR) is 156 cm³/mol. The van der Waals surface area contributed by atoms with Gasteiger partial charge >= 0.3 is 5.97 Å². The SMILES string of the molecule is CC(=O)OCCC1=CCC(=C(c2cc(/C=N/n3nnnc3C)ccc2O)c2cc(/C=N/n3nnnc3C)ccc2O)C=C1. The highest BCUT2D eigenvalue weighted by molar-refractivity contribution is 5.93. The number of esters is 1. The zero-order valence-corrected chi connectivity index (χ0v) is 23.7. The van der Waals surface area contributed by atoms with E-state index >= 15 is 0 Å². The van der Waals surface area contributed by atoms with Gasteiger partial charge in [0.05, 0.1) is 19.0 Å². The number of ether oxygens (including phenoxy) is 1. The molecule has 1 aliphatic carbocycles. The van der Waals surface area contributed by atoms with Crippen LogP contribution in [0, 0.1) is 13.8 Å². The molecular weight excluding hydrogens is 552 g/mol. The first kappa shape index (κ1) is 28.7. The van der Waals surface area contributed by atoms with Crippen molar-refractivity contribution in [1.82, 2.24) is 40.6 Å². The molecule has 4 aromatic rings. The Hall–Kier alpha value is -5.79. The van der Waals surface area contributed by atoms with E-state index in [2.05, 4.69) is 41.3 Å². The standard InChI is InChI=1S/C29H28N10O4/c1-18-32-34-36-38(18)30-16-22-6-10-27(41)25(14-22)29(24-8-4-21(5-9-24)12-13-43-20(3)40)26-15-23(7-11-28(26)42)17-31-39-19(2)33-35-37-39/h4-8,10-11,14-17,41-42H,9,12-13H2,1-3H3/b30-16+,31-17+. The molecule has 0 fully saturated rings. The number of tetrazole rings is 2. The highest BCUT2D eigenvalue weighted by Crippen LogP contribution is 2.40. The van der Waals surface area contributed by atoms with E-state index < -0.39 is 0 Å². The maximum atomic E-state index is 11.2. The normalized spacial score (nSPS) is 13.2. The van der Waals surface area contributed by atoms with Gasteiger partial charge in [0.1, 0.15) is 11.5 Å². The van der Waals surface area contributed by atoms with Crippen molar-refractivity contribution in [1.29, 1.82) is 0 Å². The van der Waals surface area contributed by atoms with E-state index in [1.807, 2.05) is 18.2 Å². The monoisotopic (exact) mass is 580 g/mol. The van der Waals surface area contributed by atoms with Gasteiger partial charge in [-0.15, -0.1) is 19.8 Å². The van der Waals surface area contributed by atoms with Gasteiger partial charge in [0.25, 0.3) is 0 Å². The van der Waals surface area contributed by atoms with Crippen LogP contribution in [0.5, 0.6) is 11.5 Å². The molecule has 43 heavy (non-hydrogen) atoms. The van der Waals surface area contributed by atoms with Gasteiger partial charge in [0.2, 0.25) is 0 Å². The molecule has 0 aliphatic heterocycles. The number of aryl methyl sites for hydroxylation is 2. The van der Waals surface area contributed by atoms with E-state index in [1.54, 1.807) is 62.7 Å². The van der Waals surface area contributed by atoms with Crippen LogP contribution in [0.2, 0.25) is 0 Å². The quantitative estimate of drug-likeness (QED) is 0.221. The number of aromatic hydroxyl groups is 2. The second-order valence-corrected chi connectivity index (χ2v) is 9.58. The number of aromatic nitrogens is 8. The number of allylic oxidation sites excluding steroid dienone is 4. The fraction of sp³-hybridized carbons (Fsp3) is 0.207. The van der Waals surface area contributed by atoms with Crippen LogP contribution in [0.4, 0.5) is 0 Å². The number of hydrogen-bond acceptors (Lipinski definition) is 12. The summed E-state index contributed by atoms with van der Waals surface area (Å²) in [6.45, 7) is 5.11. The average molecular weight is 581 g/mol. The van der Waals surface area contributed by atoms with E-state index in [0.29, 0.717) is 52.3 Å². The molecule has 0 unspecified atom stereocenters. The lowest BCUT2D eigenvalue weighted by Crippen LogP contribution is -2.03. The van der Waals surface area contributed by atoms with E-state index in [-0.39, 0.29) is 24.1 Å². The summed E-state index contributed by atoms with van der Waals surface area (Å²) in [5, 5.41) is 53.3. The number of carbonyl (C=O) groups is 1. The molecule has 14 nitrogen and oxygen atoms in total. The summed E-state index contributed by atoms with van der Waals surface area (Å²) in [5.41, 5.74) is 4.77. The summed E-state index contributed by atoms with van der Waals surface area (Å²) in [6, 6.07) is 10.1. The van der Waals surface area contributed by atoms with Gasteiger partial charge in [0, 0.05) is 24.5 Å². The molecule has 0 bridgehead atoms. The fourth-order valence-corrected chi connectivity index (χ4v) is 4.34. The van der Waals surface area contributed by atoms with Gasteiger partial charge < -0.3 is 14.9 Å². The minimum Gasteiger partial charge on any atom is -0.507 e. The third-order valence-electron chi connectivity index (χ3n) is 6.52. The summed E-state index contributed by atoms with van der Waals surface area (Å²) in [6.07, 6.45) is 10.1. The first-order valence-electron chi connectivity index (χ1n) is 13.3. The van der Waals surface area contributed by atoms with Crippen molar-refractivity contribution in [2.24, 2.45) is 10.2 Å². The zero-order chi connectivity index (χ0) is 30.3. The Morgan fingerprint density at radius 3 is 1.91 bits per heavy atom. The molecule has 0 saturated heterocycles. The van der Waals surface area contributed by atoms with Gasteiger partial charge in [-0.25, -0.2) is 0 Å². The van der Waals surface area contributed by atoms with Crippen LogP contribution in [0.25, 0.3) is 5.57 Å². The highest BCUT2D eigenvalue weighted by Gasteiger charge is 2.19. The molecule has 2 heterocycles. The summed E-state index contributed by atoms with van der Waals surface area (Å²) in [5.74, 6) is 0.730. The van der Waals surface area contributed by atoms with E-state index in [0.717, 1.165) is 11.1 Å². The number of benzene rings is 2. The molecule has 0 saturated carbocycles. The van der Waals surface area contributed by atoms with Gasteiger partial charge in [-0.1, -0.05) is 18.2 Å². The predicted octanol–water partition coefficient (Wildman–Crippen LogP) is 3.09. The highest BCUT2D eigenvalue weighted by atomic mass is 16.5. The van der Waals surface area contributed by atoms with Crippen molar-refractivity contribution in [3.8, 4) is 11.5 Å². The number of nitrogens with zero attached hydrogens (tertiary/aromatic N) is 10. The minimum atomic E-state index is -0.327. The molecule has 1 aliphatic rings. The summed E-state index contributed by atoms with van der Waals surface area (Å²) >= 11 is 0. The van der Waals surface area contributed by atoms with Crippen LogP contribution in [-0.2, 0) is 9.53 Å². The molecule has 218 valence electrons. The molecule has 0 atom stereocenters. The van der Waals surface area contributed by atoms with Gasteiger partial charge in [-0.05, 0) is 105 Å². The Kier molecular flexibility index (Phi) is 8.55. The first-order valence-corrected chi connectivity index (χ1v) is 13.3. The number of hydrogen-bond donors (Lipinski definition) is 2. The smallest absolute Gasteiger partial charge is 0.302 e. The Balaban J connectivity index is 1.57. The second kappa shape index (κ2) is 12.8. The lowest BCUT2D eigenvalue weighted by Gasteiger charge is -2.19. The molecule has 0 radical (unpaired) electrons. The van der Waals surface area contributed by atoms with Crippen LogP contribution in [-0.4, -0.2) is 75.9 Å². The second-order valence-electron chi connectivity index (χ2n) is 9.58. The van der Waals surface area contributed by atoms with Crippen molar-refractivity contribution in [3.63, 3.8) is 0 Å². The molecule has 2 N–H and O–H groups in total. The summed E-state index contributed by atoms with van der Waals surface area (Å²) in [4.78, 5) is 13.7. The fourth-order valence-electron chi connectivity index (χ4n) is 4.34. The van der Waals surface area contributed by atoms with Crippen LogP contribution < -0.4 is 0 Å². The Bertz CT molecular complexity index is 1710. The lowest BCUT2D eigenvalue weighted by atomic mass is 9.86. The van der Waals surface area contributed by atoms with Crippen LogP contribution in [0.15, 0.2) is 76.0 Å². The molecule has 2 aromatic carbocycles. The summed E-state index contributed by atoms with van der Waals surface area (Å²) in [7, 11) is 0. The van der Waals surface area contributed by atoms with Crippen LogP contribution >= 0.6 is 0 Å². The Morgan fingerprint density at radius 2 is 1.47 bits per heavy atom. The van der Waals surface area contributed by atoms with E-state index in [9.17, 15) is 15.0 Å². The van der Waals surface area contributed by atoms with Crippen LogP contribution in [0.1, 0.15) is 53.7 Å². The number of phenols is 2. The van der Waals surface area contributed by atoms with Crippen molar-refractivity contribution >= 4 is 24.0 Å². The van der Waals surface area contributed by atoms with E-state index in [1.165, 1.54) is 16.5 Å². The number of carbonyl (C=O) groups excluding carboxylic acids is 1. The average Bonchev–Trinajstić information content (AvgIpc) is 3.60. The van der Waals surface area contributed by atoms with Crippen molar-refractivity contribution in [2.75, 3.05) is 6.61 Å². The first-order chi connectivity index (χ1) is 20.8. The molecule has 2 aromatic heterocycles. The molecule has 14 heteroatoms. The minimum absolute atomic E-state index is 0.0130. The lowest BCUT2D eigenvalue weighted by molar-refractivity contribution is -0.140. The third-order valence-corrected chi connectivity index (χ3v) is 6.52. The zero-order valence-electron chi connectivity index (χ0n) is 23.7. The Morgan fingerprint density at radius 1 is 0.907 bits per heavy atom. The van der Waals surface area contributed by atoms with Crippen LogP contribution in [0.3, 0.4) is 0 Å². The van der Waals surface area contributed by atoms with Crippen molar-refractivity contribution in [2.45, 2.75) is 33.6 Å². The maximum absolute atomic E-state index is 11.2. The molecule has 5 rings (SSSR count). The molecule has 0 spiro atoms. The van der Waals surface area contributed by atoms with Gasteiger partial charge in [0.15, 0.2) is 11.6 Å². The van der Waals surface area contributed by atoms with Gasteiger partial charge in [-0.2, -0.15) is 10.2 Å². The number of phenolic OH excluding ortho intramolecular Hbond substituents is 2. The largest absolute Gasteiger partial charge is 0.507 e.